The lowest BCUT2D eigenvalue weighted by atomic mass is 10.4. The summed E-state index contributed by atoms with van der Waals surface area (Å²) >= 11 is 4.14. The molecule has 1 heterocycles. The Morgan fingerprint density at radius 2 is 2.50 bits per heavy atom. The van der Waals surface area contributed by atoms with Crippen molar-refractivity contribution in [3.63, 3.8) is 0 Å². The fraction of sp³-hybridized carbons (Fsp3) is 0.333. The fourth-order valence-corrected chi connectivity index (χ4v) is 0.870. The first-order valence-electron chi connectivity index (χ1n) is 2.60. The zero-order chi connectivity index (χ0) is 5.98. The molecular weight excluding hydrogens is 120 g/mol. The molecule has 0 aliphatic heterocycles. The van der Waals surface area contributed by atoms with E-state index in [1.165, 1.54) is 0 Å². The maximum Gasteiger partial charge on any atom is 0.116 e. The summed E-state index contributed by atoms with van der Waals surface area (Å²) in [4.78, 5) is 0.951. The van der Waals surface area contributed by atoms with Crippen molar-refractivity contribution in [2.75, 3.05) is 0 Å². The van der Waals surface area contributed by atoms with Crippen LogP contribution in [0.3, 0.4) is 0 Å². The number of furan rings is 1. The zero-order valence-corrected chi connectivity index (χ0v) is 5.61. The van der Waals surface area contributed by atoms with Crippen LogP contribution in [0, 0.1) is 0 Å². The van der Waals surface area contributed by atoms with Crippen molar-refractivity contribution in [2.45, 2.75) is 18.2 Å². The first-order chi connectivity index (χ1) is 3.84. The summed E-state index contributed by atoms with van der Waals surface area (Å²) in [5.41, 5.74) is 0. The Labute approximate surface area is 54.1 Å². The molecule has 1 aromatic rings. The summed E-state index contributed by atoms with van der Waals surface area (Å²) in [5, 5.41) is 0. The normalized spacial score (nSPS) is 9.75. The molecule has 0 spiro atoms. The van der Waals surface area contributed by atoms with Crippen LogP contribution in [-0.4, -0.2) is 0 Å². The predicted molar refractivity (Wildman–Crippen MR) is 35.3 cm³/mol. The molecule has 0 radical (unpaired) electrons. The van der Waals surface area contributed by atoms with Crippen LogP contribution >= 0.6 is 12.6 Å². The van der Waals surface area contributed by atoms with Gasteiger partial charge in [0.15, 0.2) is 0 Å². The lowest BCUT2D eigenvalue weighted by Crippen LogP contribution is -1.71. The van der Waals surface area contributed by atoms with Crippen molar-refractivity contribution in [1.29, 1.82) is 0 Å². The van der Waals surface area contributed by atoms with Crippen LogP contribution in [0.25, 0.3) is 0 Å². The SMILES string of the molecule is CCc1occc1S. The van der Waals surface area contributed by atoms with Crippen LogP contribution in [0.2, 0.25) is 0 Å². The van der Waals surface area contributed by atoms with E-state index in [-0.39, 0.29) is 0 Å². The summed E-state index contributed by atoms with van der Waals surface area (Å²) < 4.78 is 5.04. The quantitative estimate of drug-likeness (QED) is 0.572. The highest BCUT2D eigenvalue weighted by Gasteiger charge is 1.95. The molecule has 1 nitrogen and oxygen atoms in total. The minimum absolute atomic E-state index is 0.922. The second kappa shape index (κ2) is 2.27. The molecule has 0 fully saturated rings. The van der Waals surface area contributed by atoms with Gasteiger partial charge >= 0.3 is 0 Å². The lowest BCUT2D eigenvalue weighted by Gasteiger charge is -1.86. The van der Waals surface area contributed by atoms with Crippen molar-refractivity contribution >= 4 is 12.6 Å². The highest BCUT2D eigenvalue weighted by atomic mass is 32.1. The molecule has 0 aliphatic carbocycles. The summed E-state index contributed by atoms with van der Waals surface area (Å²) in [6.07, 6.45) is 2.58. The Hall–Kier alpha value is -0.370. The maximum atomic E-state index is 5.04. The molecule has 0 N–H and O–H groups in total. The molecule has 8 heavy (non-hydrogen) atoms. The lowest BCUT2D eigenvalue weighted by molar-refractivity contribution is 0.508. The molecule has 0 atom stereocenters. The second-order valence-electron chi connectivity index (χ2n) is 1.58. The Kier molecular flexibility index (Phi) is 1.63. The second-order valence-corrected chi connectivity index (χ2v) is 2.06. The summed E-state index contributed by atoms with van der Waals surface area (Å²) in [6, 6.07) is 1.85. The first kappa shape index (κ1) is 5.76. The van der Waals surface area contributed by atoms with Gasteiger partial charge in [-0.2, -0.15) is 0 Å². The monoisotopic (exact) mass is 128 g/mol. The Balaban J connectivity index is 2.92. The van der Waals surface area contributed by atoms with Crippen molar-refractivity contribution in [3.05, 3.63) is 18.1 Å². The van der Waals surface area contributed by atoms with Crippen LogP contribution < -0.4 is 0 Å². The van der Waals surface area contributed by atoms with Crippen molar-refractivity contribution in [3.8, 4) is 0 Å². The smallest absolute Gasteiger partial charge is 0.116 e. The van der Waals surface area contributed by atoms with Crippen LogP contribution in [0.4, 0.5) is 0 Å². The van der Waals surface area contributed by atoms with E-state index in [0.29, 0.717) is 0 Å². The van der Waals surface area contributed by atoms with Gasteiger partial charge in [-0.25, -0.2) is 0 Å². The number of hydrogen-bond donors (Lipinski definition) is 1. The average Bonchev–Trinajstić information content (AvgIpc) is 2.14. The molecule has 1 aromatic heterocycles. The van der Waals surface area contributed by atoms with Gasteiger partial charge in [0.25, 0.3) is 0 Å². The van der Waals surface area contributed by atoms with E-state index in [1.54, 1.807) is 6.26 Å². The van der Waals surface area contributed by atoms with Gasteiger partial charge in [-0.1, -0.05) is 6.92 Å². The molecule has 0 aromatic carbocycles. The third-order valence-electron chi connectivity index (χ3n) is 1.04. The Morgan fingerprint density at radius 1 is 1.75 bits per heavy atom. The van der Waals surface area contributed by atoms with Crippen molar-refractivity contribution < 1.29 is 4.42 Å². The van der Waals surface area contributed by atoms with E-state index < -0.39 is 0 Å². The van der Waals surface area contributed by atoms with Crippen molar-refractivity contribution in [1.82, 2.24) is 0 Å². The Bertz CT molecular complexity index is 169. The third-order valence-corrected chi connectivity index (χ3v) is 1.44. The van der Waals surface area contributed by atoms with Gasteiger partial charge in [0.1, 0.15) is 5.76 Å². The van der Waals surface area contributed by atoms with Crippen LogP contribution in [0.1, 0.15) is 12.7 Å². The standard InChI is InChI=1S/C6H8OS/c1-2-5-6(8)3-4-7-5/h3-4,8H,2H2,1H3. The topological polar surface area (TPSA) is 13.1 Å². The minimum atomic E-state index is 0.922. The summed E-state index contributed by atoms with van der Waals surface area (Å²) in [5.74, 6) is 0.966. The van der Waals surface area contributed by atoms with E-state index in [4.69, 9.17) is 4.42 Å². The highest BCUT2D eigenvalue weighted by Crippen LogP contribution is 2.13. The van der Waals surface area contributed by atoms with Crippen LogP contribution in [-0.2, 0) is 6.42 Å². The summed E-state index contributed by atoms with van der Waals surface area (Å²) in [6.45, 7) is 2.04. The molecule has 0 saturated heterocycles. The van der Waals surface area contributed by atoms with E-state index in [1.807, 2.05) is 13.0 Å². The van der Waals surface area contributed by atoms with Gasteiger partial charge in [-0.05, 0) is 6.07 Å². The Morgan fingerprint density at radius 3 is 2.75 bits per heavy atom. The zero-order valence-electron chi connectivity index (χ0n) is 4.72. The van der Waals surface area contributed by atoms with Crippen LogP contribution in [0.15, 0.2) is 21.6 Å². The van der Waals surface area contributed by atoms with E-state index >= 15 is 0 Å². The maximum absolute atomic E-state index is 5.04. The molecule has 2 heteroatoms. The summed E-state index contributed by atoms with van der Waals surface area (Å²) in [7, 11) is 0. The molecule has 44 valence electrons. The van der Waals surface area contributed by atoms with Crippen LogP contribution in [0.5, 0.6) is 0 Å². The third kappa shape index (κ3) is 0.892. The van der Waals surface area contributed by atoms with E-state index in [9.17, 15) is 0 Å². The molecule has 0 saturated carbocycles. The minimum Gasteiger partial charge on any atom is -0.468 e. The number of thiol groups is 1. The van der Waals surface area contributed by atoms with Gasteiger partial charge in [-0.15, -0.1) is 12.6 Å². The molecule has 0 unspecified atom stereocenters. The van der Waals surface area contributed by atoms with Crippen molar-refractivity contribution in [2.24, 2.45) is 0 Å². The average molecular weight is 128 g/mol. The van der Waals surface area contributed by atoms with Gasteiger partial charge < -0.3 is 4.42 Å². The predicted octanol–water partition coefficient (Wildman–Crippen LogP) is 2.13. The number of hydrogen-bond acceptors (Lipinski definition) is 2. The molecule has 0 amide bonds. The molecular formula is C6H8OS. The van der Waals surface area contributed by atoms with Gasteiger partial charge in [0.2, 0.25) is 0 Å². The molecule has 0 bridgehead atoms. The van der Waals surface area contributed by atoms with Gasteiger partial charge in [0, 0.05) is 11.3 Å². The fourth-order valence-electron chi connectivity index (χ4n) is 0.598. The highest BCUT2D eigenvalue weighted by molar-refractivity contribution is 7.80. The largest absolute Gasteiger partial charge is 0.468 e. The van der Waals surface area contributed by atoms with Gasteiger partial charge in [0.05, 0.1) is 6.26 Å². The van der Waals surface area contributed by atoms with E-state index in [0.717, 1.165) is 17.1 Å². The number of rotatable bonds is 1. The van der Waals surface area contributed by atoms with E-state index in [2.05, 4.69) is 12.6 Å². The first-order valence-corrected chi connectivity index (χ1v) is 3.04. The van der Waals surface area contributed by atoms with Gasteiger partial charge in [-0.3, -0.25) is 0 Å². The molecule has 1 rings (SSSR count). The number of aryl methyl sites for hydroxylation is 1. The molecule has 0 aliphatic rings.